The standard InChI is InChI=1S/C16H13F2N3O2S/c1-20(23)15(22)21-16(24-10-19-21,11-5-3-2-4-6-11)13-9-12(17)7-8-14(13)18/h2-10,23H,1H3. The van der Waals surface area contributed by atoms with E-state index in [0.717, 1.165) is 42.0 Å². The van der Waals surface area contributed by atoms with Gasteiger partial charge in [-0.1, -0.05) is 42.1 Å². The molecule has 3 rings (SSSR count). The summed E-state index contributed by atoms with van der Waals surface area (Å²) in [6, 6.07) is 10.7. The Hall–Kier alpha value is -2.45. The first-order chi connectivity index (χ1) is 11.5. The van der Waals surface area contributed by atoms with E-state index in [2.05, 4.69) is 5.10 Å². The largest absolute Gasteiger partial charge is 0.365 e. The third-order valence-electron chi connectivity index (χ3n) is 3.60. The van der Waals surface area contributed by atoms with Crippen LogP contribution < -0.4 is 0 Å². The van der Waals surface area contributed by atoms with Gasteiger partial charge in [-0.2, -0.15) is 10.1 Å². The summed E-state index contributed by atoms with van der Waals surface area (Å²) in [5, 5.41) is 14.8. The van der Waals surface area contributed by atoms with Gasteiger partial charge in [0, 0.05) is 12.6 Å². The van der Waals surface area contributed by atoms with Crippen molar-refractivity contribution < 1.29 is 18.8 Å². The highest BCUT2D eigenvalue weighted by atomic mass is 32.2. The van der Waals surface area contributed by atoms with Crippen molar-refractivity contribution in [1.82, 2.24) is 10.1 Å². The SMILES string of the molecule is CN(O)C(=O)N1N=CSC1(c1ccccc1)c1cc(F)ccc1F. The van der Waals surface area contributed by atoms with Crippen LogP contribution in [0.4, 0.5) is 13.6 Å². The fourth-order valence-corrected chi connectivity index (χ4v) is 3.62. The van der Waals surface area contributed by atoms with E-state index in [9.17, 15) is 18.8 Å². The molecule has 8 heteroatoms. The molecule has 124 valence electrons. The zero-order valence-electron chi connectivity index (χ0n) is 12.6. The van der Waals surface area contributed by atoms with Crippen LogP contribution >= 0.6 is 11.8 Å². The zero-order chi connectivity index (χ0) is 17.3. The number of benzene rings is 2. The number of rotatable bonds is 2. The summed E-state index contributed by atoms with van der Waals surface area (Å²) in [5.41, 5.74) is 1.82. The van der Waals surface area contributed by atoms with Gasteiger partial charge in [0.25, 0.3) is 0 Å². The van der Waals surface area contributed by atoms with Gasteiger partial charge >= 0.3 is 6.03 Å². The second-order valence-electron chi connectivity index (χ2n) is 5.09. The first-order valence-electron chi connectivity index (χ1n) is 6.95. The fraction of sp³-hybridized carbons (Fsp3) is 0.125. The molecule has 1 N–H and O–H groups in total. The molecule has 2 amide bonds. The number of carbonyl (C=O) groups excluding carboxylic acids is 1. The lowest BCUT2D eigenvalue weighted by molar-refractivity contribution is -0.0378. The molecule has 0 saturated heterocycles. The summed E-state index contributed by atoms with van der Waals surface area (Å²) in [6.07, 6.45) is 0. The van der Waals surface area contributed by atoms with Gasteiger partial charge in [0.15, 0.2) is 4.87 Å². The van der Waals surface area contributed by atoms with Gasteiger partial charge in [-0.25, -0.2) is 18.6 Å². The molecule has 1 atom stereocenters. The Labute approximate surface area is 141 Å². The maximum atomic E-state index is 14.5. The minimum Gasteiger partial charge on any atom is -0.285 e. The minimum absolute atomic E-state index is 0.0635. The molecular formula is C16H13F2N3O2S. The smallest absolute Gasteiger partial charge is 0.285 e. The second-order valence-corrected chi connectivity index (χ2v) is 6.13. The van der Waals surface area contributed by atoms with Gasteiger partial charge < -0.3 is 0 Å². The lowest BCUT2D eigenvalue weighted by Gasteiger charge is -2.36. The predicted octanol–water partition coefficient (Wildman–Crippen LogP) is 3.60. The normalized spacial score (nSPS) is 19.6. The van der Waals surface area contributed by atoms with E-state index in [1.54, 1.807) is 30.3 Å². The van der Waals surface area contributed by atoms with Crippen LogP contribution in [-0.2, 0) is 4.87 Å². The van der Waals surface area contributed by atoms with Crippen molar-refractivity contribution in [2.45, 2.75) is 4.87 Å². The molecule has 0 aromatic heterocycles. The lowest BCUT2D eigenvalue weighted by Crippen LogP contribution is -2.47. The first kappa shape index (κ1) is 16.4. The van der Waals surface area contributed by atoms with Gasteiger partial charge in [0.2, 0.25) is 0 Å². The number of hydroxylamine groups is 2. The third-order valence-corrected chi connectivity index (χ3v) is 4.77. The molecule has 0 aliphatic carbocycles. The molecule has 5 nitrogen and oxygen atoms in total. The Morgan fingerprint density at radius 3 is 2.62 bits per heavy atom. The van der Waals surface area contributed by atoms with E-state index in [0.29, 0.717) is 10.6 Å². The Balaban J connectivity index is 2.27. The van der Waals surface area contributed by atoms with Crippen molar-refractivity contribution in [2.75, 3.05) is 7.05 Å². The number of hydrogen-bond donors (Lipinski definition) is 1. The molecule has 2 aromatic carbocycles. The van der Waals surface area contributed by atoms with E-state index in [1.807, 2.05) is 0 Å². The van der Waals surface area contributed by atoms with Crippen LogP contribution in [-0.4, -0.2) is 33.9 Å². The van der Waals surface area contributed by atoms with Crippen molar-refractivity contribution in [3.8, 4) is 0 Å². The Morgan fingerprint density at radius 1 is 1.25 bits per heavy atom. The van der Waals surface area contributed by atoms with Crippen molar-refractivity contribution >= 4 is 23.3 Å². The highest BCUT2D eigenvalue weighted by Gasteiger charge is 2.49. The molecule has 0 fully saturated rings. The van der Waals surface area contributed by atoms with Gasteiger partial charge in [0.1, 0.15) is 11.6 Å². The minimum atomic E-state index is -1.46. The van der Waals surface area contributed by atoms with Crippen LogP contribution in [0.25, 0.3) is 0 Å². The quantitative estimate of drug-likeness (QED) is 0.666. The predicted molar refractivity (Wildman–Crippen MR) is 86.4 cm³/mol. The van der Waals surface area contributed by atoms with Crippen LogP contribution in [0.3, 0.4) is 0 Å². The number of halogens is 2. The summed E-state index contributed by atoms with van der Waals surface area (Å²) in [6.45, 7) is 0. The van der Waals surface area contributed by atoms with Crippen LogP contribution in [0.5, 0.6) is 0 Å². The summed E-state index contributed by atoms with van der Waals surface area (Å²) < 4.78 is 28.3. The fourth-order valence-electron chi connectivity index (χ4n) is 2.54. The summed E-state index contributed by atoms with van der Waals surface area (Å²) >= 11 is 1.04. The Morgan fingerprint density at radius 2 is 1.96 bits per heavy atom. The van der Waals surface area contributed by atoms with Crippen molar-refractivity contribution in [3.63, 3.8) is 0 Å². The molecule has 0 saturated carbocycles. The number of nitrogens with zero attached hydrogens (tertiary/aromatic N) is 3. The lowest BCUT2D eigenvalue weighted by atomic mass is 9.96. The number of hydrazone groups is 1. The van der Waals surface area contributed by atoms with Crippen molar-refractivity contribution in [1.29, 1.82) is 0 Å². The van der Waals surface area contributed by atoms with Crippen LogP contribution in [0, 0.1) is 11.6 Å². The summed E-state index contributed by atoms with van der Waals surface area (Å²) in [4.78, 5) is 10.9. The van der Waals surface area contributed by atoms with Crippen LogP contribution in [0.15, 0.2) is 53.6 Å². The highest BCUT2D eigenvalue weighted by Crippen LogP contribution is 2.49. The highest BCUT2D eigenvalue weighted by molar-refractivity contribution is 8.13. The maximum Gasteiger partial charge on any atom is 0.365 e. The molecule has 24 heavy (non-hydrogen) atoms. The summed E-state index contributed by atoms with van der Waals surface area (Å²) in [7, 11) is 1.14. The Kier molecular flexibility index (Phi) is 4.25. The second kappa shape index (κ2) is 6.21. The number of carbonyl (C=O) groups is 1. The van der Waals surface area contributed by atoms with Gasteiger partial charge in [-0.3, -0.25) is 5.21 Å². The topological polar surface area (TPSA) is 56.1 Å². The monoisotopic (exact) mass is 349 g/mol. The molecule has 1 aliphatic rings. The summed E-state index contributed by atoms with van der Waals surface area (Å²) in [5.74, 6) is -1.32. The average Bonchev–Trinajstić information content (AvgIpc) is 3.02. The van der Waals surface area contributed by atoms with Gasteiger partial charge in [0.05, 0.1) is 5.55 Å². The maximum absolute atomic E-state index is 14.5. The van der Waals surface area contributed by atoms with Crippen molar-refractivity contribution in [2.24, 2.45) is 5.10 Å². The van der Waals surface area contributed by atoms with E-state index in [-0.39, 0.29) is 5.56 Å². The third kappa shape index (κ3) is 2.53. The molecular weight excluding hydrogens is 336 g/mol. The number of hydrogen-bond acceptors (Lipinski definition) is 4. The van der Waals surface area contributed by atoms with E-state index >= 15 is 0 Å². The van der Waals surface area contributed by atoms with Crippen LogP contribution in [0.1, 0.15) is 11.1 Å². The number of amides is 2. The first-order valence-corrected chi connectivity index (χ1v) is 7.83. The average molecular weight is 349 g/mol. The molecule has 0 radical (unpaired) electrons. The van der Waals surface area contributed by atoms with Gasteiger partial charge in [-0.05, 0) is 23.8 Å². The number of urea groups is 1. The molecule has 0 spiro atoms. The van der Waals surface area contributed by atoms with E-state index in [4.69, 9.17) is 0 Å². The number of thioether (sulfide) groups is 1. The Bertz CT molecular complexity index is 801. The van der Waals surface area contributed by atoms with E-state index < -0.39 is 22.5 Å². The molecule has 1 unspecified atom stereocenters. The molecule has 2 aromatic rings. The van der Waals surface area contributed by atoms with E-state index in [1.165, 1.54) is 5.55 Å². The van der Waals surface area contributed by atoms with Crippen molar-refractivity contribution in [3.05, 3.63) is 71.3 Å². The molecule has 1 heterocycles. The zero-order valence-corrected chi connectivity index (χ0v) is 13.4. The molecule has 0 bridgehead atoms. The van der Waals surface area contributed by atoms with Crippen LogP contribution in [0.2, 0.25) is 0 Å². The van der Waals surface area contributed by atoms with Gasteiger partial charge in [-0.15, -0.1) is 0 Å². The molecule has 1 aliphatic heterocycles.